The highest BCUT2D eigenvalue weighted by molar-refractivity contribution is 7.46. The van der Waals surface area contributed by atoms with Gasteiger partial charge in [0.15, 0.2) is 12.4 Å². The predicted molar refractivity (Wildman–Crippen MR) is 90.5 cm³/mol. The molecule has 0 aliphatic carbocycles. The van der Waals surface area contributed by atoms with Crippen molar-refractivity contribution in [2.45, 2.75) is 54.8 Å². The number of phosphoric ester groups is 2. The average molecular weight is 502 g/mol. The molecule has 0 aromatic carbocycles. The van der Waals surface area contributed by atoms with Gasteiger partial charge in [-0.1, -0.05) is 0 Å². The summed E-state index contributed by atoms with van der Waals surface area (Å²) < 4.78 is 46.8. The third-order valence-corrected chi connectivity index (χ3v) is 5.47. The van der Waals surface area contributed by atoms with Crippen molar-refractivity contribution in [1.29, 1.82) is 0 Å². The van der Waals surface area contributed by atoms with E-state index in [2.05, 4.69) is 9.05 Å². The molecule has 2 heterocycles. The summed E-state index contributed by atoms with van der Waals surface area (Å²) >= 11 is 0. The summed E-state index contributed by atoms with van der Waals surface area (Å²) in [4.78, 5) is 36.3. The van der Waals surface area contributed by atoms with E-state index in [1.807, 2.05) is 0 Å². The van der Waals surface area contributed by atoms with Crippen LogP contribution in [0.25, 0.3) is 0 Å². The van der Waals surface area contributed by atoms with Gasteiger partial charge in [0.2, 0.25) is 5.79 Å². The van der Waals surface area contributed by atoms with Crippen molar-refractivity contribution < 1.29 is 82.6 Å². The molecule has 2 saturated heterocycles. The maximum absolute atomic E-state index is 11.4. The van der Waals surface area contributed by atoms with Crippen molar-refractivity contribution in [3.8, 4) is 0 Å². The van der Waals surface area contributed by atoms with Gasteiger partial charge in [-0.05, 0) is 0 Å². The summed E-state index contributed by atoms with van der Waals surface area (Å²) in [7, 11) is -10.7. The Hall–Kier alpha value is -0.140. The van der Waals surface area contributed by atoms with E-state index < -0.39 is 90.3 Å². The van der Waals surface area contributed by atoms with Gasteiger partial charge in [0.05, 0.1) is 13.2 Å². The van der Waals surface area contributed by atoms with Crippen LogP contribution in [0.2, 0.25) is 0 Å². The molecule has 2 aliphatic rings. The Morgan fingerprint density at radius 1 is 0.806 bits per heavy atom. The second-order valence-electron chi connectivity index (χ2n) is 6.74. The summed E-state index contributed by atoms with van der Waals surface area (Å²) in [6.07, 6.45) is -15.5. The lowest BCUT2D eigenvalue weighted by molar-refractivity contribution is -0.381. The fourth-order valence-electron chi connectivity index (χ4n) is 3.06. The van der Waals surface area contributed by atoms with Gasteiger partial charge in [-0.15, -0.1) is 0 Å². The minimum atomic E-state index is -5.43. The van der Waals surface area contributed by atoms with Gasteiger partial charge < -0.3 is 64.4 Å². The SMILES string of the molecule is O=P(O)(O)OC[C@@]1(O[C@H]2O[C@H](CO)[C@@H](O)[C@H](O)[C@H]2O)O[C@H](CO)[C@@H](O)[C@@H]1OP(=O)(O)O. The number of rotatable bonds is 9. The number of hydrogen-bond acceptors (Lipinski definition) is 13. The molecule has 0 aromatic heterocycles. The normalized spacial score (nSPS) is 42.1. The third-order valence-electron chi connectivity index (χ3n) is 4.50. The molecule has 2 rings (SSSR count). The molecule has 0 bridgehead atoms. The van der Waals surface area contributed by atoms with E-state index >= 15 is 0 Å². The Bertz CT molecular complexity index is 693. The summed E-state index contributed by atoms with van der Waals surface area (Å²) in [5.41, 5.74) is 0. The van der Waals surface area contributed by atoms with E-state index in [1.165, 1.54) is 0 Å². The first-order valence-corrected chi connectivity index (χ1v) is 11.6. The van der Waals surface area contributed by atoms with Crippen LogP contribution in [0.5, 0.6) is 0 Å². The van der Waals surface area contributed by atoms with E-state index in [-0.39, 0.29) is 0 Å². The van der Waals surface area contributed by atoms with Gasteiger partial charge in [-0.25, -0.2) is 9.13 Å². The molecule has 0 amide bonds. The summed E-state index contributed by atoms with van der Waals surface area (Å²) in [5, 5.41) is 58.7. The zero-order valence-corrected chi connectivity index (χ0v) is 17.3. The monoisotopic (exact) mass is 502 g/mol. The second-order valence-corrected chi connectivity index (χ2v) is 9.17. The van der Waals surface area contributed by atoms with Crippen molar-refractivity contribution in [2.75, 3.05) is 19.8 Å². The number of aliphatic hydroxyl groups is 6. The highest BCUT2D eigenvalue weighted by atomic mass is 31.2. The smallest absolute Gasteiger partial charge is 0.394 e. The maximum atomic E-state index is 11.4. The van der Waals surface area contributed by atoms with Crippen LogP contribution in [-0.4, -0.2) is 125 Å². The maximum Gasteiger partial charge on any atom is 0.470 e. The molecule has 19 heteroatoms. The van der Waals surface area contributed by atoms with Gasteiger partial charge in [0, 0.05) is 0 Å². The zero-order valence-electron chi connectivity index (χ0n) is 15.5. The first-order chi connectivity index (χ1) is 14.1. The molecule has 0 radical (unpaired) electrons. The highest BCUT2D eigenvalue weighted by Gasteiger charge is 2.62. The van der Waals surface area contributed by atoms with E-state index in [4.69, 9.17) is 33.8 Å². The molecule has 2 aliphatic heterocycles. The molecule has 184 valence electrons. The molecular formula is C12H24O17P2. The number of hydrogen-bond donors (Lipinski definition) is 10. The van der Waals surface area contributed by atoms with Crippen LogP contribution in [0, 0.1) is 0 Å². The molecule has 0 spiro atoms. The molecule has 0 saturated carbocycles. The van der Waals surface area contributed by atoms with Gasteiger partial charge in [-0.2, -0.15) is 0 Å². The average Bonchev–Trinajstić information content (AvgIpc) is 2.91. The lowest BCUT2D eigenvalue weighted by Gasteiger charge is -2.44. The Balaban J connectivity index is 2.44. The molecule has 2 fully saturated rings. The van der Waals surface area contributed by atoms with E-state index in [0.29, 0.717) is 0 Å². The van der Waals surface area contributed by atoms with Crippen LogP contribution in [0.4, 0.5) is 0 Å². The van der Waals surface area contributed by atoms with Crippen LogP contribution in [-0.2, 0) is 32.4 Å². The van der Waals surface area contributed by atoms with Gasteiger partial charge in [-0.3, -0.25) is 9.05 Å². The summed E-state index contributed by atoms with van der Waals surface area (Å²) in [5.74, 6) is -2.83. The Labute approximate surface area is 173 Å². The molecule has 31 heavy (non-hydrogen) atoms. The number of aliphatic hydroxyl groups excluding tert-OH is 6. The second kappa shape index (κ2) is 10.0. The lowest BCUT2D eigenvalue weighted by Crippen LogP contribution is -2.63. The first-order valence-electron chi connectivity index (χ1n) is 8.53. The topological polar surface area (TPSA) is 283 Å². The Kier molecular flexibility index (Phi) is 8.75. The van der Waals surface area contributed by atoms with Gasteiger partial charge in [0.1, 0.15) is 43.2 Å². The van der Waals surface area contributed by atoms with Crippen molar-refractivity contribution >= 4 is 15.6 Å². The third kappa shape index (κ3) is 6.47. The predicted octanol–water partition coefficient (Wildman–Crippen LogP) is -5.16. The van der Waals surface area contributed by atoms with Gasteiger partial charge in [0.25, 0.3) is 0 Å². The Morgan fingerprint density at radius 3 is 1.87 bits per heavy atom. The van der Waals surface area contributed by atoms with Crippen molar-refractivity contribution in [3.63, 3.8) is 0 Å². The van der Waals surface area contributed by atoms with E-state index in [9.17, 15) is 39.8 Å². The molecule has 17 nitrogen and oxygen atoms in total. The number of ether oxygens (including phenoxy) is 3. The lowest BCUT2D eigenvalue weighted by atomic mass is 9.99. The van der Waals surface area contributed by atoms with E-state index in [0.717, 1.165) is 0 Å². The van der Waals surface area contributed by atoms with Crippen molar-refractivity contribution in [2.24, 2.45) is 0 Å². The fourth-order valence-corrected chi connectivity index (χ4v) is 3.99. The minimum Gasteiger partial charge on any atom is -0.394 e. The number of phosphoric acid groups is 2. The van der Waals surface area contributed by atoms with Crippen LogP contribution in [0.3, 0.4) is 0 Å². The van der Waals surface area contributed by atoms with Crippen LogP contribution >= 0.6 is 15.6 Å². The molecule has 10 N–H and O–H groups in total. The Morgan fingerprint density at radius 2 is 1.39 bits per heavy atom. The van der Waals surface area contributed by atoms with Crippen LogP contribution in [0.15, 0.2) is 0 Å². The van der Waals surface area contributed by atoms with Crippen LogP contribution < -0.4 is 0 Å². The van der Waals surface area contributed by atoms with E-state index in [1.54, 1.807) is 0 Å². The minimum absolute atomic E-state index is 0.887. The van der Waals surface area contributed by atoms with Gasteiger partial charge >= 0.3 is 15.6 Å². The highest BCUT2D eigenvalue weighted by Crippen LogP contribution is 2.48. The summed E-state index contributed by atoms with van der Waals surface area (Å²) in [6.45, 7) is -3.26. The molecule has 0 aromatic rings. The molecule has 9 atom stereocenters. The van der Waals surface area contributed by atoms with Crippen LogP contribution in [0.1, 0.15) is 0 Å². The fraction of sp³-hybridized carbons (Fsp3) is 1.00. The van der Waals surface area contributed by atoms with Crippen molar-refractivity contribution in [1.82, 2.24) is 0 Å². The van der Waals surface area contributed by atoms with Crippen molar-refractivity contribution in [3.05, 3.63) is 0 Å². The standard InChI is InChI=1S/C12H24O17P2/c13-1-4-6(15)8(17)9(18)11(26-4)28-12(3-25-30(19,20)21)10(29-31(22,23)24)7(16)5(2-14)27-12/h4-11,13-18H,1-3H2,(H2,19,20,21)(H2,22,23,24)/t4-,5-,6-,7-,8+,9-,10+,11-,12+/m1/s1. The molecular weight excluding hydrogens is 478 g/mol. The molecule has 0 unspecified atom stereocenters. The summed E-state index contributed by atoms with van der Waals surface area (Å²) in [6, 6.07) is 0. The quantitative estimate of drug-likeness (QED) is 0.132. The zero-order chi connectivity index (χ0) is 23.8. The largest absolute Gasteiger partial charge is 0.470 e. The first kappa shape index (κ1) is 27.1.